The smallest absolute Gasteiger partial charge is 0.239 e. The fourth-order valence-electron chi connectivity index (χ4n) is 3.99. The number of rotatable bonds is 9. The first-order chi connectivity index (χ1) is 14.9. The minimum Gasteiger partial charge on any atom is -0.494 e. The Kier molecular flexibility index (Phi) is 7.72. The van der Waals surface area contributed by atoms with E-state index in [1.54, 1.807) is 0 Å². The molecule has 0 bridgehead atoms. The number of hydrogen-bond donors (Lipinski definition) is 1. The Morgan fingerprint density at radius 3 is 2.71 bits per heavy atom. The number of ether oxygens (including phenoxy) is 2. The Morgan fingerprint density at radius 2 is 2.10 bits per heavy atom. The third kappa shape index (κ3) is 5.66. The summed E-state index contributed by atoms with van der Waals surface area (Å²) in [4.78, 5) is 14.8. The largest absolute Gasteiger partial charge is 0.494 e. The average Bonchev–Trinajstić information content (AvgIpc) is 3.32. The van der Waals surface area contributed by atoms with Crippen LogP contribution in [-0.2, 0) is 22.6 Å². The molecule has 1 aromatic heterocycles. The Morgan fingerprint density at radius 1 is 1.35 bits per heavy atom. The molecule has 0 aliphatic carbocycles. The Labute approximate surface area is 184 Å². The van der Waals surface area contributed by atoms with E-state index in [1.165, 1.54) is 0 Å². The first-order valence-electron chi connectivity index (χ1n) is 10.8. The number of anilines is 1. The lowest BCUT2D eigenvalue weighted by atomic mass is 10.2. The van der Waals surface area contributed by atoms with Crippen LogP contribution in [0.25, 0.3) is 0 Å². The van der Waals surface area contributed by atoms with Crippen LogP contribution in [0, 0.1) is 25.2 Å². The summed E-state index contributed by atoms with van der Waals surface area (Å²) < 4.78 is 13.3. The molecular formula is C24H32N4O3. The van der Waals surface area contributed by atoms with Gasteiger partial charge < -0.3 is 19.4 Å². The van der Waals surface area contributed by atoms with E-state index in [1.807, 2.05) is 61.6 Å². The summed E-state index contributed by atoms with van der Waals surface area (Å²) in [7, 11) is 1.91. The number of nitrogens with zero attached hydrogens (tertiary/aromatic N) is 3. The number of likely N-dealkylation sites (N-methyl/N-ethyl adjacent to an activating group) is 1. The molecule has 166 valence electrons. The van der Waals surface area contributed by atoms with Crippen LogP contribution in [-0.4, -0.2) is 48.3 Å². The van der Waals surface area contributed by atoms with Crippen molar-refractivity contribution in [3.8, 4) is 11.8 Å². The van der Waals surface area contributed by atoms with E-state index in [2.05, 4.69) is 11.4 Å². The van der Waals surface area contributed by atoms with E-state index >= 15 is 0 Å². The van der Waals surface area contributed by atoms with Gasteiger partial charge in [-0.15, -0.1) is 0 Å². The van der Waals surface area contributed by atoms with Crippen LogP contribution >= 0.6 is 0 Å². The molecule has 1 aliphatic rings. The SMILES string of the molecule is CCOc1ccc(CN(C)CC(=O)Nc2c(C#N)c(C)c(C)n2C[C@@H]2CCCO2)cc1. The standard InChI is InChI=1S/C24H32N4O3/c1-5-30-20-10-8-19(9-11-20)14-27(4)16-23(29)26-24-22(13-25)17(2)18(3)28(24)15-21-7-6-12-31-21/h8-11,21H,5-7,12,14-16H2,1-4H3,(H,26,29)/t21-/m0/s1. The fourth-order valence-corrected chi connectivity index (χ4v) is 3.99. The number of benzene rings is 1. The van der Waals surface area contributed by atoms with Crippen molar-refractivity contribution in [1.29, 1.82) is 5.26 Å². The van der Waals surface area contributed by atoms with Gasteiger partial charge in [0.2, 0.25) is 5.91 Å². The minimum atomic E-state index is -0.143. The molecule has 0 radical (unpaired) electrons. The van der Waals surface area contributed by atoms with Gasteiger partial charge >= 0.3 is 0 Å². The second kappa shape index (κ2) is 10.5. The van der Waals surface area contributed by atoms with Crippen LogP contribution in [0.2, 0.25) is 0 Å². The van der Waals surface area contributed by atoms with Crippen molar-refractivity contribution in [2.45, 2.75) is 52.8 Å². The van der Waals surface area contributed by atoms with E-state index in [0.29, 0.717) is 31.1 Å². The van der Waals surface area contributed by atoms with Crippen molar-refractivity contribution in [2.75, 3.05) is 32.1 Å². The van der Waals surface area contributed by atoms with Crippen LogP contribution in [0.5, 0.6) is 5.75 Å². The molecule has 7 heteroatoms. The fraction of sp³-hybridized carbons (Fsp3) is 0.500. The second-order valence-electron chi connectivity index (χ2n) is 8.09. The lowest BCUT2D eigenvalue weighted by Gasteiger charge is -2.19. The van der Waals surface area contributed by atoms with E-state index < -0.39 is 0 Å². The van der Waals surface area contributed by atoms with Gasteiger partial charge in [-0.3, -0.25) is 9.69 Å². The molecule has 1 N–H and O–H groups in total. The number of amides is 1. The summed E-state index contributed by atoms with van der Waals surface area (Å²) >= 11 is 0. The number of carbonyl (C=O) groups excluding carboxylic acids is 1. The highest BCUT2D eigenvalue weighted by molar-refractivity contribution is 5.93. The minimum absolute atomic E-state index is 0.120. The molecular weight excluding hydrogens is 392 g/mol. The van der Waals surface area contributed by atoms with Gasteiger partial charge in [-0.2, -0.15) is 5.26 Å². The molecule has 2 aromatic rings. The summed E-state index contributed by atoms with van der Waals surface area (Å²) in [5.41, 5.74) is 3.52. The molecule has 0 spiro atoms. The molecule has 0 saturated carbocycles. The maximum Gasteiger partial charge on any atom is 0.239 e. The van der Waals surface area contributed by atoms with Gasteiger partial charge in [-0.1, -0.05) is 12.1 Å². The van der Waals surface area contributed by atoms with Crippen molar-refractivity contribution in [3.05, 3.63) is 46.6 Å². The zero-order valence-electron chi connectivity index (χ0n) is 18.9. The predicted octanol–water partition coefficient (Wildman–Crippen LogP) is 3.62. The number of nitrogens with one attached hydrogen (secondary N) is 1. The summed E-state index contributed by atoms with van der Waals surface area (Å²) in [5.74, 6) is 1.27. The lowest BCUT2D eigenvalue weighted by Crippen LogP contribution is -2.31. The number of nitriles is 1. The van der Waals surface area contributed by atoms with E-state index in [-0.39, 0.29) is 18.6 Å². The molecule has 1 amide bonds. The third-order valence-corrected chi connectivity index (χ3v) is 5.71. The van der Waals surface area contributed by atoms with Crippen LogP contribution in [0.15, 0.2) is 24.3 Å². The number of carbonyl (C=O) groups is 1. The maximum atomic E-state index is 12.8. The zero-order valence-corrected chi connectivity index (χ0v) is 18.9. The van der Waals surface area contributed by atoms with Gasteiger partial charge in [0.05, 0.1) is 31.4 Å². The van der Waals surface area contributed by atoms with Gasteiger partial charge in [-0.05, 0) is 63.9 Å². The third-order valence-electron chi connectivity index (χ3n) is 5.71. The van der Waals surface area contributed by atoms with Crippen LogP contribution in [0.1, 0.15) is 42.1 Å². The highest BCUT2D eigenvalue weighted by Gasteiger charge is 2.24. The summed E-state index contributed by atoms with van der Waals surface area (Å²) in [6, 6.07) is 10.2. The average molecular weight is 425 g/mol. The summed E-state index contributed by atoms with van der Waals surface area (Å²) in [5, 5.41) is 12.7. The van der Waals surface area contributed by atoms with Crippen LogP contribution in [0.3, 0.4) is 0 Å². The first-order valence-corrected chi connectivity index (χ1v) is 10.8. The Hall–Kier alpha value is -2.82. The van der Waals surface area contributed by atoms with Crippen molar-refractivity contribution in [1.82, 2.24) is 9.47 Å². The van der Waals surface area contributed by atoms with Crippen molar-refractivity contribution < 1.29 is 14.3 Å². The highest BCUT2D eigenvalue weighted by atomic mass is 16.5. The molecule has 1 saturated heterocycles. The van der Waals surface area contributed by atoms with Gasteiger partial charge in [0, 0.05) is 18.8 Å². The molecule has 0 unspecified atom stereocenters. The van der Waals surface area contributed by atoms with Crippen molar-refractivity contribution >= 4 is 11.7 Å². The molecule has 1 atom stereocenters. The molecule has 7 nitrogen and oxygen atoms in total. The molecule has 3 rings (SSSR count). The summed E-state index contributed by atoms with van der Waals surface area (Å²) in [6.07, 6.45) is 2.17. The van der Waals surface area contributed by atoms with Gasteiger partial charge in [0.25, 0.3) is 0 Å². The monoisotopic (exact) mass is 424 g/mol. The van der Waals surface area contributed by atoms with Gasteiger partial charge in [0.1, 0.15) is 17.6 Å². The molecule has 1 fully saturated rings. The predicted molar refractivity (Wildman–Crippen MR) is 120 cm³/mol. The maximum absolute atomic E-state index is 12.8. The van der Waals surface area contributed by atoms with Gasteiger partial charge in [-0.25, -0.2) is 0 Å². The quantitative estimate of drug-likeness (QED) is 0.665. The normalized spacial score (nSPS) is 15.8. The first kappa shape index (κ1) is 22.9. The Bertz CT molecular complexity index is 937. The molecule has 1 aromatic carbocycles. The van der Waals surface area contributed by atoms with Crippen molar-refractivity contribution in [3.63, 3.8) is 0 Å². The Balaban J connectivity index is 1.66. The van der Waals surface area contributed by atoms with Crippen LogP contribution in [0.4, 0.5) is 5.82 Å². The van der Waals surface area contributed by atoms with Gasteiger partial charge in [0.15, 0.2) is 0 Å². The number of hydrogen-bond acceptors (Lipinski definition) is 5. The van der Waals surface area contributed by atoms with E-state index in [9.17, 15) is 10.1 Å². The van der Waals surface area contributed by atoms with Crippen molar-refractivity contribution in [2.24, 2.45) is 0 Å². The molecule has 1 aliphatic heterocycles. The zero-order chi connectivity index (χ0) is 22.4. The lowest BCUT2D eigenvalue weighted by molar-refractivity contribution is -0.117. The van der Waals surface area contributed by atoms with E-state index in [4.69, 9.17) is 9.47 Å². The summed E-state index contributed by atoms with van der Waals surface area (Å²) in [6.45, 7) is 8.78. The van der Waals surface area contributed by atoms with E-state index in [0.717, 1.165) is 42.0 Å². The molecule has 2 heterocycles. The second-order valence-corrected chi connectivity index (χ2v) is 8.09. The topological polar surface area (TPSA) is 79.5 Å². The number of aromatic nitrogens is 1. The molecule has 31 heavy (non-hydrogen) atoms. The highest BCUT2D eigenvalue weighted by Crippen LogP contribution is 2.28. The van der Waals surface area contributed by atoms with Crippen LogP contribution < -0.4 is 10.1 Å².